The molecule has 1 aliphatic heterocycles. The molecule has 0 spiro atoms. The largest absolute Gasteiger partial charge is 0.481 e. The predicted molar refractivity (Wildman–Crippen MR) is 79.5 cm³/mol. The monoisotopic (exact) mass is 292 g/mol. The maximum absolute atomic E-state index is 12.2. The number of piperidine rings is 1. The Morgan fingerprint density at radius 1 is 1.43 bits per heavy atom. The van der Waals surface area contributed by atoms with Crippen molar-refractivity contribution in [2.24, 2.45) is 5.92 Å². The van der Waals surface area contributed by atoms with Crippen molar-refractivity contribution in [1.82, 2.24) is 9.88 Å². The van der Waals surface area contributed by atoms with Crippen LogP contribution in [0.5, 0.6) is 0 Å². The highest BCUT2D eigenvalue weighted by Crippen LogP contribution is 2.18. The van der Waals surface area contributed by atoms with Gasteiger partial charge in [-0.3, -0.25) is 10.1 Å². The lowest BCUT2D eigenvalue weighted by Crippen LogP contribution is -2.44. The molecule has 7 nitrogen and oxygen atoms in total. The molecule has 2 heterocycles. The molecule has 1 aromatic rings. The number of carboxylic acid groups (broad SMARTS) is 1. The SMILES string of the molecule is CN(C)c1cccc(NC(=O)N2CCCC(C(=O)O)C2)n1. The molecule has 0 aliphatic carbocycles. The average molecular weight is 292 g/mol. The second-order valence-corrected chi connectivity index (χ2v) is 5.33. The highest BCUT2D eigenvalue weighted by molar-refractivity contribution is 5.89. The molecule has 1 aliphatic rings. The molecule has 0 aromatic carbocycles. The standard InChI is InChI=1S/C14H20N4O3/c1-17(2)12-7-3-6-11(15-12)16-14(21)18-8-4-5-10(9-18)13(19)20/h3,6-7,10H,4-5,8-9H2,1-2H3,(H,19,20)(H,15,16,21). The van der Waals surface area contributed by atoms with Gasteiger partial charge in [0.1, 0.15) is 11.6 Å². The van der Waals surface area contributed by atoms with Gasteiger partial charge in [-0.25, -0.2) is 9.78 Å². The Kier molecular flexibility index (Phi) is 4.62. The minimum atomic E-state index is -0.847. The van der Waals surface area contributed by atoms with Gasteiger partial charge in [-0.1, -0.05) is 6.07 Å². The van der Waals surface area contributed by atoms with Crippen LogP contribution in [0.25, 0.3) is 0 Å². The number of hydrogen-bond acceptors (Lipinski definition) is 4. The van der Waals surface area contributed by atoms with Gasteiger partial charge in [-0.15, -0.1) is 0 Å². The van der Waals surface area contributed by atoms with Gasteiger partial charge in [-0.05, 0) is 25.0 Å². The van der Waals surface area contributed by atoms with Crippen molar-refractivity contribution >= 4 is 23.6 Å². The molecule has 1 unspecified atom stereocenters. The van der Waals surface area contributed by atoms with Crippen LogP contribution in [0.3, 0.4) is 0 Å². The second-order valence-electron chi connectivity index (χ2n) is 5.33. The Labute approximate surface area is 123 Å². The number of amides is 2. The number of hydrogen-bond donors (Lipinski definition) is 2. The lowest BCUT2D eigenvalue weighted by Gasteiger charge is -2.30. The normalized spacial score (nSPS) is 18.2. The average Bonchev–Trinajstić information content (AvgIpc) is 2.47. The van der Waals surface area contributed by atoms with E-state index >= 15 is 0 Å². The molecule has 2 amide bonds. The molecule has 21 heavy (non-hydrogen) atoms. The van der Waals surface area contributed by atoms with Crippen molar-refractivity contribution in [2.45, 2.75) is 12.8 Å². The van der Waals surface area contributed by atoms with Gasteiger partial charge in [-0.2, -0.15) is 0 Å². The number of nitrogens with one attached hydrogen (secondary N) is 1. The molecule has 114 valence electrons. The highest BCUT2D eigenvalue weighted by Gasteiger charge is 2.28. The maximum atomic E-state index is 12.2. The van der Waals surface area contributed by atoms with Crippen LogP contribution >= 0.6 is 0 Å². The van der Waals surface area contributed by atoms with Crippen LogP contribution in [-0.4, -0.2) is 54.2 Å². The van der Waals surface area contributed by atoms with E-state index in [1.54, 1.807) is 6.07 Å². The van der Waals surface area contributed by atoms with Crippen LogP contribution in [0.4, 0.5) is 16.4 Å². The number of aromatic nitrogens is 1. The van der Waals surface area contributed by atoms with Gasteiger partial charge in [0.15, 0.2) is 0 Å². The molecule has 0 bridgehead atoms. The maximum Gasteiger partial charge on any atom is 0.323 e. The third-order valence-electron chi connectivity index (χ3n) is 3.49. The summed E-state index contributed by atoms with van der Waals surface area (Å²) in [5.74, 6) is -0.121. The summed E-state index contributed by atoms with van der Waals surface area (Å²) in [6.07, 6.45) is 1.32. The fourth-order valence-corrected chi connectivity index (χ4v) is 2.29. The first-order chi connectivity index (χ1) is 9.97. The van der Waals surface area contributed by atoms with Crippen LogP contribution in [0.2, 0.25) is 0 Å². The zero-order valence-electron chi connectivity index (χ0n) is 12.2. The summed E-state index contributed by atoms with van der Waals surface area (Å²) in [6, 6.07) is 5.07. The van der Waals surface area contributed by atoms with Crippen LogP contribution in [0, 0.1) is 5.92 Å². The molecule has 1 aromatic heterocycles. The summed E-state index contributed by atoms with van der Waals surface area (Å²) in [7, 11) is 3.74. The van der Waals surface area contributed by atoms with E-state index in [0.29, 0.717) is 25.2 Å². The van der Waals surface area contributed by atoms with Gasteiger partial charge in [0, 0.05) is 27.2 Å². The smallest absolute Gasteiger partial charge is 0.323 e. The molecule has 7 heteroatoms. The van der Waals surface area contributed by atoms with Crippen LogP contribution in [0.1, 0.15) is 12.8 Å². The van der Waals surface area contributed by atoms with Crippen LogP contribution in [-0.2, 0) is 4.79 Å². The molecule has 0 radical (unpaired) electrons. The summed E-state index contributed by atoms with van der Waals surface area (Å²) in [5, 5.41) is 11.8. The fraction of sp³-hybridized carbons (Fsp3) is 0.500. The molecule has 0 saturated carbocycles. The first-order valence-corrected chi connectivity index (χ1v) is 6.90. The quantitative estimate of drug-likeness (QED) is 0.881. The molecular weight excluding hydrogens is 272 g/mol. The second kappa shape index (κ2) is 6.43. The number of urea groups is 1. The van der Waals surface area contributed by atoms with Crippen molar-refractivity contribution in [1.29, 1.82) is 0 Å². The number of rotatable bonds is 3. The zero-order chi connectivity index (χ0) is 15.4. The Balaban J connectivity index is 2.01. The topological polar surface area (TPSA) is 85.8 Å². The summed E-state index contributed by atoms with van der Waals surface area (Å²) in [4.78, 5) is 30.9. The number of aliphatic carboxylic acids is 1. The summed E-state index contributed by atoms with van der Waals surface area (Å²) in [5.41, 5.74) is 0. The number of carboxylic acids is 1. The molecule has 2 N–H and O–H groups in total. The number of anilines is 2. The molecule has 1 atom stereocenters. The van der Waals surface area contributed by atoms with E-state index in [2.05, 4.69) is 10.3 Å². The summed E-state index contributed by atoms with van der Waals surface area (Å²) < 4.78 is 0. The van der Waals surface area contributed by atoms with Gasteiger partial charge < -0.3 is 14.9 Å². The third kappa shape index (κ3) is 3.84. The fourth-order valence-electron chi connectivity index (χ4n) is 2.29. The molecular formula is C14H20N4O3. The zero-order valence-corrected chi connectivity index (χ0v) is 12.2. The summed E-state index contributed by atoms with van der Waals surface area (Å²) >= 11 is 0. The first kappa shape index (κ1) is 15.1. The lowest BCUT2D eigenvalue weighted by molar-refractivity contribution is -0.143. The third-order valence-corrected chi connectivity index (χ3v) is 3.49. The van der Waals surface area contributed by atoms with Gasteiger partial charge >= 0.3 is 12.0 Å². The Bertz CT molecular complexity index is 533. The van der Waals surface area contributed by atoms with E-state index in [0.717, 1.165) is 5.82 Å². The van der Waals surface area contributed by atoms with Gasteiger partial charge in [0.2, 0.25) is 0 Å². The lowest BCUT2D eigenvalue weighted by atomic mass is 9.99. The number of carbonyl (C=O) groups is 2. The molecule has 1 fully saturated rings. The van der Waals surface area contributed by atoms with E-state index < -0.39 is 11.9 Å². The minimum Gasteiger partial charge on any atom is -0.481 e. The number of carbonyl (C=O) groups excluding carboxylic acids is 1. The Hall–Kier alpha value is -2.31. The van der Waals surface area contributed by atoms with Crippen molar-refractivity contribution < 1.29 is 14.7 Å². The molecule has 2 rings (SSSR count). The van der Waals surface area contributed by atoms with Crippen molar-refractivity contribution in [3.8, 4) is 0 Å². The van der Waals surface area contributed by atoms with E-state index in [-0.39, 0.29) is 12.6 Å². The Morgan fingerprint density at radius 3 is 2.86 bits per heavy atom. The van der Waals surface area contributed by atoms with Crippen molar-refractivity contribution in [3.05, 3.63) is 18.2 Å². The van der Waals surface area contributed by atoms with Gasteiger partial charge in [0.05, 0.1) is 5.92 Å². The highest BCUT2D eigenvalue weighted by atomic mass is 16.4. The molecule has 1 saturated heterocycles. The number of nitrogens with zero attached hydrogens (tertiary/aromatic N) is 3. The van der Waals surface area contributed by atoms with E-state index in [9.17, 15) is 9.59 Å². The minimum absolute atomic E-state index is 0.245. The predicted octanol–water partition coefficient (Wildman–Crippen LogP) is 1.48. The number of pyridine rings is 1. The van der Waals surface area contributed by atoms with Crippen LogP contribution < -0.4 is 10.2 Å². The number of likely N-dealkylation sites (tertiary alicyclic amines) is 1. The van der Waals surface area contributed by atoms with Gasteiger partial charge in [0.25, 0.3) is 0 Å². The first-order valence-electron chi connectivity index (χ1n) is 6.90. The van der Waals surface area contributed by atoms with E-state index in [4.69, 9.17) is 5.11 Å². The van der Waals surface area contributed by atoms with Crippen molar-refractivity contribution in [2.75, 3.05) is 37.4 Å². The summed E-state index contributed by atoms with van der Waals surface area (Å²) in [6.45, 7) is 0.817. The van der Waals surface area contributed by atoms with E-state index in [1.165, 1.54) is 4.90 Å². The van der Waals surface area contributed by atoms with Crippen molar-refractivity contribution in [3.63, 3.8) is 0 Å². The van der Waals surface area contributed by atoms with Crippen LogP contribution in [0.15, 0.2) is 18.2 Å². The van der Waals surface area contributed by atoms with E-state index in [1.807, 2.05) is 31.1 Å². The Morgan fingerprint density at radius 2 is 2.19 bits per heavy atom.